The Morgan fingerprint density at radius 3 is 2.52 bits per heavy atom. The molecule has 0 radical (unpaired) electrons. The average molecular weight is 347 g/mol. The number of benzene rings is 1. The number of nitrogens with zero attached hydrogens (tertiary/aromatic N) is 2. The lowest BCUT2D eigenvalue weighted by Gasteiger charge is -2.28. The maximum Gasteiger partial charge on any atom is 0.317 e. The molecule has 1 aromatic carbocycles. The summed E-state index contributed by atoms with van der Waals surface area (Å²) in [6.45, 7) is 2.06. The van der Waals surface area contributed by atoms with Gasteiger partial charge in [0.25, 0.3) is 0 Å². The van der Waals surface area contributed by atoms with Crippen molar-refractivity contribution in [2.24, 2.45) is 0 Å². The summed E-state index contributed by atoms with van der Waals surface area (Å²) in [6, 6.07) is 5.16. The van der Waals surface area contributed by atoms with Crippen molar-refractivity contribution in [1.82, 2.24) is 10.2 Å². The number of hydrogen-bond donors (Lipinski definition) is 1. The monoisotopic (exact) mass is 347 g/mol. The Labute approximate surface area is 147 Å². The number of rotatable bonds is 4. The third-order valence-electron chi connectivity index (χ3n) is 4.77. The van der Waals surface area contributed by atoms with Crippen LogP contribution in [0.5, 0.6) is 11.5 Å². The Morgan fingerprint density at radius 2 is 1.84 bits per heavy atom. The van der Waals surface area contributed by atoms with Crippen LogP contribution in [0.3, 0.4) is 0 Å². The number of urea groups is 1. The molecule has 2 aliphatic rings. The topological polar surface area (TPSA) is 71.1 Å². The molecule has 0 spiro atoms. The number of methoxy groups -OCH3 is 2. The first-order valence-corrected chi connectivity index (χ1v) is 8.70. The van der Waals surface area contributed by atoms with E-state index >= 15 is 0 Å². The van der Waals surface area contributed by atoms with Crippen molar-refractivity contribution in [1.29, 1.82) is 0 Å². The fourth-order valence-corrected chi connectivity index (χ4v) is 3.41. The van der Waals surface area contributed by atoms with Crippen molar-refractivity contribution in [3.05, 3.63) is 18.2 Å². The van der Waals surface area contributed by atoms with Crippen molar-refractivity contribution >= 4 is 17.6 Å². The molecule has 1 atom stereocenters. The molecule has 0 aromatic heterocycles. The Balaban J connectivity index is 1.65. The number of ether oxygens (including phenoxy) is 2. The number of hydrogen-bond acceptors (Lipinski definition) is 4. The minimum absolute atomic E-state index is 0.00355. The van der Waals surface area contributed by atoms with Crippen LogP contribution >= 0.6 is 0 Å². The molecule has 7 nitrogen and oxygen atoms in total. The third-order valence-corrected chi connectivity index (χ3v) is 4.77. The van der Waals surface area contributed by atoms with Gasteiger partial charge in [0.2, 0.25) is 5.91 Å². The Kier molecular flexibility index (Phi) is 5.31. The Bertz CT molecular complexity index is 643. The second-order valence-electron chi connectivity index (χ2n) is 6.44. The van der Waals surface area contributed by atoms with Gasteiger partial charge in [-0.05, 0) is 31.4 Å². The molecule has 3 amide bonds. The van der Waals surface area contributed by atoms with E-state index in [1.165, 1.54) is 6.42 Å². The standard InChI is InChI=1S/C18H25N3O4/c1-24-15-7-6-14(11-16(15)25-2)21-12-13(10-17(21)22)19-18(23)20-8-4-3-5-9-20/h6-7,11,13H,3-5,8-10,12H2,1-2H3,(H,19,23). The lowest BCUT2D eigenvalue weighted by Crippen LogP contribution is -2.47. The van der Waals surface area contributed by atoms with Crippen LogP contribution in [0.25, 0.3) is 0 Å². The molecular weight excluding hydrogens is 322 g/mol. The zero-order valence-electron chi connectivity index (χ0n) is 14.8. The van der Waals surface area contributed by atoms with E-state index in [1.54, 1.807) is 31.3 Å². The average Bonchev–Trinajstić information content (AvgIpc) is 3.01. The smallest absolute Gasteiger partial charge is 0.317 e. The number of carbonyl (C=O) groups is 2. The molecule has 7 heteroatoms. The second-order valence-corrected chi connectivity index (χ2v) is 6.44. The van der Waals surface area contributed by atoms with Gasteiger partial charge in [-0.2, -0.15) is 0 Å². The van der Waals surface area contributed by atoms with E-state index in [0.29, 0.717) is 24.5 Å². The van der Waals surface area contributed by atoms with Crippen molar-refractivity contribution in [3.63, 3.8) is 0 Å². The highest BCUT2D eigenvalue weighted by Gasteiger charge is 2.33. The summed E-state index contributed by atoms with van der Waals surface area (Å²) in [7, 11) is 3.14. The van der Waals surface area contributed by atoms with Gasteiger partial charge in [0.1, 0.15) is 0 Å². The van der Waals surface area contributed by atoms with E-state index in [0.717, 1.165) is 31.6 Å². The van der Waals surface area contributed by atoms with E-state index < -0.39 is 0 Å². The van der Waals surface area contributed by atoms with Gasteiger partial charge in [-0.25, -0.2) is 4.79 Å². The lowest BCUT2D eigenvalue weighted by molar-refractivity contribution is -0.117. The molecule has 0 saturated carbocycles. The summed E-state index contributed by atoms with van der Waals surface area (Å²) in [5.41, 5.74) is 0.748. The van der Waals surface area contributed by atoms with E-state index in [2.05, 4.69) is 5.32 Å². The molecule has 2 saturated heterocycles. The number of anilines is 1. The lowest BCUT2D eigenvalue weighted by atomic mass is 10.1. The van der Waals surface area contributed by atoms with Crippen LogP contribution in [0, 0.1) is 0 Å². The predicted octanol–water partition coefficient (Wildman–Crippen LogP) is 2.00. The summed E-state index contributed by atoms with van der Waals surface area (Å²) >= 11 is 0. The summed E-state index contributed by atoms with van der Waals surface area (Å²) in [6.07, 6.45) is 3.59. The molecule has 1 N–H and O–H groups in total. The number of amides is 3. The molecule has 1 aromatic rings. The molecule has 2 fully saturated rings. The van der Waals surface area contributed by atoms with E-state index in [1.807, 2.05) is 11.0 Å². The van der Waals surface area contributed by atoms with Crippen molar-refractivity contribution in [3.8, 4) is 11.5 Å². The predicted molar refractivity (Wildman–Crippen MR) is 94.3 cm³/mol. The summed E-state index contributed by atoms with van der Waals surface area (Å²) in [5, 5.41) is 3.00. The maximum absolute atomic E-state index is 12.4. The summed E-state index contributed by atoms with van der Waals surface area (Å²) in [5.74, 6) is 1.19. The fourth-order valence-electron chi connectivity index (χ4n) is 3.41. The van der Waals surface area contributed by atoms with Crippen molar-refractivity contribution in [2.45, 2.75) is 31.7 Å². The highest BCUT2D eigenvalue weighted by molar-refractivity contribution is 5.97. The van der Waals surface area contributed by atoms with E-state index in [4.69, 9.17) is 9.47 Å². The summed E-state index contributed by atoms with van der Waals surface area (Å²) < 4.78 is 10.5. The van der Waals surface area contributed by atoms with Crippen LogP contribution in [-0.2, 0) is 4.79 Å². The van der Waals surface area contributed by atoms with Gasteiger partial charge in [0.15, 0.2) is 11.5 Å². The van der Waals surface area contributed by atoms with Gasteiger partial charge in [-0.15, -0.1) is 0 Å². The fraction of sp³-hybridized carbons (Fsp3) is 0.556. The molecule has 25 heavy (non-hydrogen) atoms. The summed E-state index contributed by atoms with van der Waals surface area (Å²) in [4.78, 5) is 28.2. The van der Waals surface area contributed by atoms with Crippen molar-refractivity contribution < 1.29 is 19.1 Å². The Morgan fingerprint density at radius 1 is 1.12 bits per heavy atom. The van der Waals surface area contributed by atoms with Gasteiger partial charge in [0.05, 0.1) is 20.3 Å². The normalized spacial score (nSPS) is 20.6. The van der Waals surface area contributed by atoms with Crippen LogP contribution in [0.1, 0.15) is 25.7 Å². The molecule has 0 bridgehead atoms. The SMILES string of the molecule is COc1ccc(N2CC(NC(=O)N3CCCCC3)CC2=O)cc1OC. The minimum atomic E-state index is -0.171. The molecular formula is C18H25N3O4. The van der Waals surface area contributed by atoms with Gasteiger partial charge >= 0.3 is 6.03 Å². The van der Waals surface area contributed by atoms with Crippen LogP contribution in [0.2, 0.25) is 0 Å². The van der Waals surface area contributed by atoms with Gasteiger partial charge in [-0.3, -0.25) is 4.79 Å². The van der Waals surface area contributed by atoms with E-state index in [9.17, 15) is 9.59 Å². The molecule has 2 heterocycles. The van der Waals surface area contributed by atoms with Crippen LogP contribution in [-0.4, -0.2) is 56.7 Å². The largest absolute Gasteiger partial charge is 0.493 e. The minimum Gasteiger partial charge on any atom is -0.493 e. The van der Waals surface area contributed by atoms with E-state index in [-0.39, 0.29) is 18.0 Å². The zero-order valence-corrected chi connectivity index (χ0v) is 14.8. The number of carbonyl (C=O) groups excluding carboxylic acids is 2. The first-order chi connectivity index (χ1) is 12.1. The highest BCUT2D eigenvalue weighted by atomic mass is 16.5. The number of likely N-dealkylation sites (tertiary alicyclic amines) is 1. The zero-order chi connectivity index (χ0) is 17.8. The highest BCUT2D eigenvalue weighted by Crippen LogP contribution is 2.33. The van der Waals surface area contributed by atoms with Crippen LogP contribution in [0.4, 0.5) is 10.5 Å². The number of nitrogens with one attached hydrogen (secondary N) is 1. The van der Waals surface area contributed by atoms with Gasteiger partial charge < -0.3 is 24.6 Å². The molecule has 1 unspecified atom stereocenters. The molecule has 2 aliphatic heterocycles. The molecule has 0 aliphatic carbocycles. The number of piperidine rings is 1. The molecule has 136 valence electrons. The van der Waals surface area contributed by atoms with Crippen LogP contribution < -0.4 is 19.7 Å². The second kappa shape index (κ2) is 7.63. The van der Waals surface area contributed by atoms with Crippen LogP contribution in [0.15, 0.2) is 18.2 Å². The maximum atomic E-state index is 12.4. The van der Waals surface area contributed by atoms with Crippen molar-refractivity contribution in [2.75, 3.05) is 38.8 Å². The third kappa shape index (κ3) is 3.81. The first kappa shape index (κ1) is 17.4. The molecule has 3 rings (SSSR count). The quantitative estimate of drug-likeness (QED) is 0.904. The Hall–Kier alpha value is -2.44. The van der Waals surface area contributed by atoms with Gasteiger partial charge in [0, 0.05) is 37.8 Å². The first-order valence-electron chi connectivity index (χ1n) is 8.70. The van der Waals surface area contributed by atoms with Gasteiger partial charge in [-0.1, -0.05) is 0 Å².